The van der Waals surface area contributed by atoms with Crippen LogP contribution in [-0.4, -0.2) is 9.78 Å². The van der Waals surface area contributed by atoms with Gasteiger partial charge < -0.3 is 5.73 Å². The first-order valence-corrected chi connectivity index (χ1v) is 7.16. The highest BCUT2D eigenvalue weighted by Gasteiger charge is 2.17. The van der Waals surface area contributed by atoms with Crippen LogP contribution in [0.1, 0.15) is 50.8 Å². The molecule has 1 aliphatic carbocycles. The van der Waals surface area contributed by atoms with Crippen LogP contribution in [-0.2, 0) is 6.54 Å². The first-order valence-electron chi connectivity index (χ1n) is 6.37. The van der Waals surface area contributed by atoms with Crippen LogP contribution in [0.5, 0.6) is 0 Å². The summed E-state index contributed by atoms with van der Waals surface area (Å²) in [5.41, 5.74) is 8.95. The van der Waals surface area contributed by atoms with Gasteiger partial charge in [-0.1, -0.05) is 11.6 Å². The highest BCUT2D eigenvalue weighted by Crippen LogP contribution is 2.29. The van der Waals surface area contributed by atoms with Gasteiger partial charge in [0, 0.05) is 6.54 Å². The van der Waals surface area contributed by atoms with Gasteiger partial charge in [0.2, 0.25) is 0 Å². The van der Waals surface area contributed by atoms with E-state index in [1.807, 2.05) is 10.9 Å². The Kier molecular flexibility index (Phi) is 4.40. The molecule has 0 radical (unpaired) electrons. The van der Waals surface area contributed by atoms with Gasteiger partial charge in [-0.25, -0.2) is 0 Å². The van der Waals surface area contributed by atoms with Crippen molar-refractivity contribution in [2.24, 2.45) is 5.73 Å². The minimum Gasteiger partial charge on any atom is -0.322 e. The molecule has 1 unspecified atom stereocenters. The van der Waals surface area contributed by atoms with Crippen molar-refractivity contribution >= 4 is 15.9 Å². The topological polar surface area (TPSA) is 43.8 Å². The van der Waals surface area contributed by atoms with Crippen molar-refractivity contribution in [2.75, 3.05) is 0 Å². The van der Waals surface area contributed by atoms with Crippen LogP contribution in [0.15, 0.2) is 22.3 Å². The minimum absolute atomic E-state index is 0.0520. The second kappa shape index (κ2) is 5.83. The Labute approximate surface area is 111 Å². The van der Waals surface area contributed by atoms with Crippen LogP contribution in [0.3, 0.4) is 0 Å². The molecule has 1 aromatic heterocycles. The van der Waals surface area contributed by atoms with Crippen molar-refractivity contribution in [3.8, 4) is 0 Å². The molecule has 17 heavy (non-hydrogen) atoms. The zero-order valence-electron chi connectivity index (χ0n) is 10.3. The third kappa shape index (κ3) is 2.99. The van der Waals surface area contributed by atoms with Crippen LogP contribution in [0.4, 0.5) is 0 Å². The summed E-state index contributed by atoms with van der Waals surface area (Å²) >= 11 is 3.54. The van der Waals surface area contributed by atoms with Gasteiger partial charge in [-0.15, -0.1) is 0 Å². The average Bonchev–Trinajstić information content (AvgIpc) is 2.71. The fraction of sp³-hybridized carbons (Fsp3) is 0.615. The van der Waals surface area contributed by atoms with E-state index in [-0.39, 0.29) is 6.04 Å². The molecule has 1 heterocycles. The summed E-state index contributed by atoms with van der Waals surface area (Å²) in [6.45, 7) is 2.96. The summed E-state index contributed by atoms with van der Waals surface area (Å²) in [7, 11) is 0. The van der Waals surface area contributed by atoms with Crippen molar-refractivity contribution in [2.45, 2.75) is 51.6 Å². The number of hydrogen-bond donors (Lipinski definition) is 1. The zero-order valence-corrected chi connectivity index (χ0v) is 11.9. The lowest BCUT2D eigenvalue weighted by Crippen LogP contribution is -2.17. The molecule has 0 aromatic carbocycles. The summed E-state index contributed by atoms with van der Waals surface area (Å²) < 4.78 is 3.02. The van der Waals surface area contributed by atoms with Gasteiger partial charge in [-0.3, -0.25) is 4.68 Å². The van der Waals surface area contributed by atoms with Crippen molar-refractivity contribution in [3.63, 3.8) is 0 Å². The molecule has 94 valence electrons. The van der Waals surface area contributed by atoms with Crippen molar-refractivity contribution in [3.05, 3.63) is 28.0 Å². The molecule has 1 aliphatic rings. The third-order valence-corrected chi connectivity index (χ3v) is 3.96. The fourth-order valence-corrected chi connectivity index (χ4v) is 3.05. The quantitative estimate of drug-likeness (QED) is 0.864. The van der Waals surface area contributed by atoms with Crippen molar-refractivity contribution in [1.82, 2.24) is 9.78 Å². The lowest BCUT2D eigenvalue weighted by molar-refractivity contribution is 0.551. The predicted octanol–water partition coefficient (Wildman–Crippen LogP) is 3.56. The van der Waals surface area contributed by atoms with Gasteiger partial charge in [0.25, 0.3) is 0 Å². The van der Waals surface area contributed by atoms with E-state index in [2.05, 4.69) is 34.0 Å². The van der Waals surface area contributed by atoms with Gasteiger partial charge in [0.15, 0.2) is 0 Å². The first-order chi connectivity index (χ1) is 8.22. The molecular weight excluding hydrogens is 278 g/mol. The molecule has 0 bridgehead atoms. The Morgan fingerprint density at radius 3 is 3.00 bits per heavy atom. The number of nitrogens with zero attached hydrogens (tertiary/aromatic N) is 2. The zero-order chi connectivity index (χ0) is 12.3. The van der Waals surface area contributed by atoms with E-state index in [0.717, 1.165) is 23.1 Å². The van der Waals surface area contributed by atoms with E-state index in [1.165, 1.54) is 31.3 Å². The van der Waals surface area contributed by atoms with E-state index in [9.17, 15) is 0 Å². The molecule has 3 nitrogen and oxygen atoms in total. The van der Waals surface area contributed by atoms with Crippen LogP contribution in [0.2, 0.25) is 0 Å². The number of allylic oxidation sites excluding steroid dienone is 1. The van der Waals surface area contributed by atoms with Crippen molar-refractivity contribution in [1.29, 1.82) is 0 Å². The predicted molar refractivity (Wildman–Crippen MR) is 73.7 cm³/mol. The molecule has 0 saturated carbocycles. The molecule has 0 saturated heterocycles. The second-order valence-corrected chi connectivity index (χ2v) is 5.47. The Bertz CT molecular complexity index is 409. The third-order valence-electron chi connectivity index (χ3n) is 3.35. The van der Waals surface area contributed by atoms with Gasteiger partial charge in [-0.05, 0) is 55.0 Å². The van der Waals surface area contributed by atoms with Crippen LogP contribution in [0, 0.1) is 0 Å². The smallest absolute Gasteiger partial charge is 0.0696 e. The molecule has 1 aromatic rings. The molecule has 2 rings (SSSR count). The fourth-order valence-electron chi connectivity index (χ4n) is 2.46. The number of rotatable bonds is 4. The SMILES string of the molecule is CCn1ncc(Br)c1C(N)CC1=CCCCC1. The number of aromatic nitrogens is 2. The minimum atomic E-state index is 0.0520. The van der Waals surface area contributed by atoms with E-state index in [1.54, 1.807) is 0 Å². The maximum absolute atomic E-state index is 6.32. The number of nitrogens with two attached hydrogens (primary N) is 1. The second-order valence-electron chi connectivity index (χ2n) is 4.61. The summed E-state index contributed by atoms with van der Waals surface area (Å²) in [6.07, 6.45) is 10.2. The average molecular weight is 298 g/mol. The summed E-state index contributed by atoms with van der Waals surface area (Å²) in [5, 5.41) is 4.32. The molecular formula is C13H20BrN3. The number of halogens is 1. The maximum Gasteiger partial charge on any atom is 0.0696 e. The van der Waals surface area contributed by atoms with Gasteiger partial charge >= 0.3 is 0 Å². The molecule has 0 aliphatic heterocycles. The summed E-state index contributed by atoms with van der Waals surface area (Å²) in [6, 6.07) is 0.0520. The van der Waals surface area contributed by atoms with Crippen molar-refractivity contribution < 1.29 is 0 Å². The molecule has 0 fully saturated rings. The Morgan fingerprint density at radius 2 is 2.35 bits per heavy atom. The monoisotopic (exact) mass is 297 g/mol. The number of aryl methyl sites for hydroxylation is 1. The molecule has 4 heteroatoms. The largest absolute Gasteiger partial charge is 0.322 e. The normalized spacial score (nSPS) is 17.9. The van der Waals surface area contributed by atoms with E-state index in [0.29, 0.717) is 0 Å². The van der Waals surface area contributed by atoms with E-state index < -0.39 is 0 Å². The Hall–Kier alpha value is -0.610. The number of hydrogen-bond acceptors (Lipinski definition) is 2. The Morgan fingerprint density at radius 1 is 1.53 bits per heavy atom. The van der Waals surface area contributed by atoms with Crippen LogP contribution < -0.4 is 5.73 Å². The van der Waals surface area contributed by atoms with Gasteiger partial charge in [-0.2, -0.15) is 5.10 Å². The first kappa shape index (κ1) is 12.8. The molecule has 0 spiro atoms. The Balaban J connectivity index is 2.10. The van der Waals surface area contributed by atoms with E-state index >= 15 is 0 Å². The standard InChI is InChI=1S/C13H20BrN3/c1-2-17-13(11(14)9-16-17)12(15)8-10-6-4-3-5-7-10/h6,9,12H,2-5,7-8,15H2,1H3. The lowest BCUT2D eigenvalue weighted by Gasteiger charge is -2.18. The van der Waals surface area contributed by atoms with Crippen LogP contribution >= 0.6 is 15.9 Å². The van der Waals surface area contributed by atoms with E-state index in [4.69, 9.17) is 5.73 Å². The highest BCUT2D eigenvalue weighted by molar-refractivity contribution is 9.10. The van der Waals surface area contributed by atoms with Gasteiger partial charge in [0.05, 0.1) is 22.4 Å². The van der Waals surface area contributed by atoms with Crippen LogP contribution in [0.25, 0.3) is 0 Å². The van der Waals surface area contributed by atoms with Gasteiger partial charge in [0.1, 0.15) is 0 Å². The lowest BCUT2D eigenvalue weighted by atomic mass is 9.93. The molecule has 2 N–H and O–H groups in total. The summed E-state index contributed by atoms with van der Waals surface area (Å²) in [4.78, 5) is 0. The molecule has 1 atom stereocenters. The maximum atomic E-state index is 6.32. The highest BCUT2D eigenvalue weighted by atomic mass is 79.9. The summed E-state index contributed by atoms with van der Waals surface area (Å²) in [5.74, 6) is 0. The molecule has 0 amide bonds.